The molecular formula is C8H11NO4S. The van der Waals surface area contributed by atoms with Crippen molar-refractivity contribution in [2.45, 2.75) is 12.8 Å². The second-order valence-corrected chi connectivity index (χ2v) is 5.71. The first-order valence-electron chi connectivity index (χ1n) is 4.29. The maximum atomic E-state index is 11.2. The van der Waals surface area contributed by atoms with Gasteiger partial charge in [-0.1, -0.05) is 0 Å². The van der Waals surface area contributed by atoms with Gasteiger partial charge in [0.2, 0.25) is 0 Å². The minimum atomic E-state index is -3.14. The molecule has 0 aromatic carbocycles. The minimum absolute atomic E-state index is 0.0515. The summed E-state index contributed by atoms with van der Waals surface area (Å²) in [5.41, 5.74) is 0. The Morgan fingerprint density at radius 1 is 1.36 bits per heavy atom. The van der Waals surface area contributed by atoms with E-state index < -0.39 is 27.6 Å². The largest absolute Gasteiger partial charge is 0.481 e. The zero-order valence-electron chi connectivity index (χ0n) is 7.51. The van der Waals surface area contributed by atoms with Crippen LogP contribution < -0.4 is 0 Å². The van der Waals surface area contributed by atoms with Crippen molar-refractivity contribution in [2.24, 2.45) is 11.8 Å². The van der Waals surface area contributed by atoms with Crippen molar-refractivity contribution in [2.75, 3.05) is 11.5 Å². The highest BCUT2D eigenvalue weighted by atomic mass is 32.2. The van der Waals surface area contributed by atoms with Gasteiger partial charge in [0.05, 0.1) is 29.4 Å². The Morgan fingerprint density at radius 2 is 1.93 bits per heavy atom. The van der Waals surface area contributed by atoms with Crippen molar-refractivity contribution < 1.29 is 18.3 Å². The molecule has 1 aliphatic heterocycles. The first kappa shape index (κ1) is 11.0. The van der Waals surface area contributed by atoms with Gasteiger partial charge in [-0.25, -0.2) is 8.42 Å². The van der Waals surface area contributed by atoms with Crippen molar-refractivity contribution >= 4 is 15.8 Å². The summed E-state index contributed by atoms with van der Waals surface area (Å²) >= 11 is 0. The molecule has 0 radical (unpaired) electrons. The van der Waals surface area contributed by atoms with E-state index in [1.165, 1.54) is 0 Å². The van der Waals surface area contributed by atoms with E-state index in [0.717, 1.165) is 0 Å². The number of sulfone groups is 1. The third kappa shape index (κ3) is 2.45. The monoisotopic (exact) mass is 217 g/mol. The lowest BCUT2D eigenvalue weighted by Crippen LogP contribution is -2.22. The summed E-state index contributed by atoms with van der Waals surface area (Å²) in [6.45, 7) is 0. The molecule has 1 N–H and O–H groups in total. The number of carboxylic acid groups (broad SMARTS) is 1. The summed E-state index contributed by atoms with van der Waals surface area (Å²) in [5, 5.41) is 17.5. The fourth-order valence-corrected chi connectivity index (χ4v) is 3.00. The van der Waals surface area contributed by atoms with Crippen molar-refractivity contribution in [3.8, 4) is 6.07 Å². The fraction of sp³-hybridized carbons (Fsp3) is 0.750. The molecule has 78 valence electrons. The van der Waals surface area contributed by atoms with Crippen LogP contribution in [0.25, 0.3) is 0 Å². The van der Waals surface area contributed by atoms with Crippen LogP contribution in [0.1, 0.15) is 12.8 Å². The molecule has 1 rings (SSSR count). The molecule has 1 fully saturated rings. The second kappa shape index (κ2) is 3.96. The molecule has 0 amide bonds. The van der Waals surface area contributed by atoms with Crippen LogP contribution in [-0.4, -0.2) is 31.0 Å². The predicted octanol–water partition coefficient (Wildman–Crippen LogP) is 0.0356. The highest BCUT2D eigenvalue weighted by molar-refractivity contribution is 7.91. The zero-order chi connectivity index (χ0) is 10.8. The molecule has 0 bridgehead atoms. The Labute approximate surface area is 82.3 Å². The fourth-order valence-electron chi connectivity index (χ4n) is 1.57. The molecule has 0 spiro atoms. The van der Waals surface area contributed by atoms with Gasteiger partial charge in [-0.15, -0.1) is 0 Å². The van der Waals surface area contributed by atoms with Crippen molar-refractivity contribution in [1.29, 1.82) is 5.26 Å². The lowest BCUT2D eigenvalue weighted by Gasteiger charge is -2.12. The van der Waals surface area contributed by atoms with Gasteiger partial charge in [0.1, 0.15) is 9.84 Å². The summed E-state index contributed by atoms with van der Waals surface area (Å²) in [5.74, 6) is -2.78. The van der Waals surface area contributed by atoms with Crippen molar-refractivity contribution in [1.82, 2.24) is 0 Å². The van der Waals surface area contributed by atoms with Crippen molar-refractivity contribution in [3.05, 3.63) is 0 Å². The Bertz CT molecular complexity index is 367. The van der Waals surface area contributed by atoms with Gasteiger partial charge in [0, 0.05) is 0 Å². The van der Waals surface area contributed by atoms with Crippen LogP contribution in [0, 0.1) is 23.2 Å². The number of carboxylic acids is 1. The number of rotatable bonds is 1. The molecule has 0 unspecified atom stereocenters. The maximum absolute atomic E-state index is 11.2. The quantitative estimate of drug-likeness (QED) is 0.668. The number of nitriles is 1. The zero-order valence-corrected chi connectivity index (χ0v) is 8.33. The van der Waals surface area contributed by atoms with Crippen LogP contribution in [0.3, 0.4) is 0 Å². The maximum Gasteiger partial charge on any atom is 0.307 e. The number of aliphatic carboxylic acids is 1. The molecule has 0 aromatic heterocycles. The summed E-state index contributed by atoms with van der Waals surface area (Å²) < 4.78 is 22.4. The second-order valence-electron chi connectivity index (χ2n) is 3.41. The summed E-state index contributed by atoms with van der Waals surface area (Å²) in [7, 11) is -3.14. The molecule has 6 heteroatoms. The molecule has 5 nitrogen and oxygen atoms in total. The van der Waals surface area contributed by atoms with Gasteiger partial charge in [-0.2, -0.15) is 5.26 Å². The van der Waals surface area contributed by atoms with E-state index in [1.54, 1.807) is 0 Å². The van der Waals surface area contributed by atoms with Crippen LogP contribution in [0.2, 0.25) is 0 Å². The third-order valence-corrected chi connectivity index (χ3v) is 4.16. The molecule has 1 heterocycles. The van der Waals surface area contributed by atoms with Gasteiger partial charge in [-0.05, 0) is 12.8 Å². The lowest BCUT2D eigenvalue weighted by molar-refractivity contribution is -0.143. The van der Waals surface area contributed by atoms with E-state index in [1.807, 2.05) is 6.07 Å². The average Bonchev–Trinajstić information content (AvgIpc) is 2.23. The number of hydrogen-bond acceptors (Lipinski definition) is 4. The van der Waals surface area contributed by atoms with E-state index in [4.69, 9.17) is 10.4 Å². The van der Waals surface area contributed by atoms with Gasteiger partial charge >= 0.3 is 5.97 Å². The molecule has 0 saturated carbocycles. The highest BCUT2D eigenvalue weighted by Crippen LogP contribution is 2.24. The SMILES string of the molecule is N#C[C@H]1CCS(=O)(=O)CC[C@H]1C(=O)O. The van der Waals surface area contributed by atoms with Crippen molar-refractivity contribution in [3.63, 3.8) is 0 Å². The van der Waals surface area contributed by atoms with Gasteiger partial charge in [-0.3, -0.25) is 4.79 Å². The predicted molar refractivity (Wildman–Crippen MR) is 48.1 cm³/mol. The van der Waals surface area contributed by atoms with Crippen LogP contribution in [-0.2, 0) is 14.6 Å². The van der Waals surface area contributed by atoms with E-state index in [9.17, 15) is 13.2 Å². The molecule has 2 atom stereocenters. The van der Waals surface area contributed by atoms with Gasteiger partial charge in [0.15, 0.2) is 0 Å². The molecule has 0 aliphatic carbocycles. The molecule has 14 heavy (non-hydrogen) atoms. The average molecular weight is 217 g/mol. The molecular weight excluding hydrogens is 206 g/mol. The smallest absolute Gasteiger partial charge is 0.307 e. The third-order valence-electron chi connectivity index (χ3n) is 2.45. The topological polar surface area (TPSA) is 95.2 Å². The highest BCUT2D eigenvalue weighted by Gasteiger charge is 2.33. The van der Waals surface area contributed by atoms with E-state index in [0.29, 0.717) is 0 Å². The van der Waals surface area contributed by atoms with E-state index in [-0.39, 0.29) is 24.3 Å². The Morgan fingerprint density at radius 3 is 2.43 bits per heavy atom. The first-order chi connectivity index (χ1) is 6.46. The van der Waals surface area contributed by atoms with E-state index in [2.05, 4.69) is 0 Å². The lowest BCUT2D eigenvalue weighted by atomic mass is 9.89. The number of nitrogens with zero attached hydrogens (tertiary/aromatic N) is 1. The standard InChI is InChI=1S/C8H11NO4S/c9-5-6-1-3-14(12,13)4-2-7(6)8(10)11/h6-7H,1-4H2,(H,10,11)/t6-,7-/m1/s1. The number of hydrogen-bond donors (Lipinski definition) is 1. The van der Waals surface area contributed by atoms with Gasteiger partial charge in [0.25, 0.3) is 0 Å². The molecule has 1 aliphatic rings. The molecule has 0 aromatic rings. The first-order valence-corrected chi connectivity index (χ1v) is 6.11. The minimum Gasteiger partial charge on any atom is -0.481 e. The summed E-state index contributed by atoms with van der Waals surface area (Å²) in [6, 6.07) is 1.87. The normalized spacial score (nSPS) is 31.4. The van der Waals surface area contributed by atoms with Crippen LogP contribution in [0.4, 0.5) is 0 Å². The van der Waals surface area contributed by atoms with Crippen LogP contribution in [0.15, 0.2) is 0 Å². The Kier molecular flexibility index (Phi) is 3.11. The Balaban J connectivity index is 2.87. The van der Waals surface area contributed by atoms with E-state index >= 15 is 0 Å². The number of carbonyl (C=O) groups is 1. The van der Waals surface area contributed by atoms with Crippen LogP contribution >= 0.6 is 0 Å². The Hall–Kier alpha value is -1.09. The van der Waals surface area contributed by atoms with Gasteiger partial charge < -0.3 is 5.11 Å². The van der Waals surface area contributed by atoms with Crippen LogP contribution in [0.5, 0.6) is 0 Å². The summed E-state index contributed by atoms with van der Waals surface area (Å²) in [4.78, 5) is 10.7. The molecule has 1 saturated heterocycles. The summed E-state index contributed by atoms with van der Waals surface area (Å²) in [6.07, 6.45) is 0.186.